The Hall–Kier alpha value is -3.85. The Morgan fingerprint density at radius 1 is 1.04 bits per heavy atom. The molecule has 1 saturated heterocycles. The zero-order valence-corrected chi connectivity index (χ0v) is 32.5. The topological polar surface area (TPSA) is 190 Å². The van der Waals surface area contributed by atoms with Gasteiger partial charge in [0.05, 0.1) is 25.9 Å². The summed E-state index contributed by atoms with van der Waals surface area (Å²) >= 11 is 0. The monoisotopic (exact) mass is 738 g/mol. The number of carbonyl (C=O) groups is 3. The second kappa shape index (κ2) is 21.0. The molecule has 1 aliphatic heterocycles. The van der Waals surface area contributed by atoms with Crippen molar-refractivity contribution in [2.24, 2.45) is 23.7 Å². The first kappa shape index (κ1) is 44.3. The lowest BCUT2D eigenvalue weighted by molar-refractivity contribution is -0.754. The van der Waals surface area contributed by atoms with Crippen LogP contribution in [-0.2, 0) is 25.6 Å². The maximum Gasteiger partial charge on any atom is 0.408 e. The second-order valence-electron chi connectivity index (χ2n) is 15.3. The first-order valence-electron chi connectivity index (χ1n) is 18.2. The third-order valence-electron chi connectivity index (χ3n) is 9.79. The third-order valence-corrected chi connectivity index (χ3v) is 9.79. The number of hydrogen-bond donors (Lipinski definition) is 3. The predicted molar refractivity (Wildman–Crippen MR) is 195 cm³/mol. The highest BCUT2D eigenvalue weighted by atomic mass is 17.0. The molecule has 0 saturated carbocycles. The highest BCUT2D eigenvalue weighted by Gasteiger charge is 2.41. The molecule has 2 rings (SSSR count). The van der Waals surface area contributed by atoms with Gasteiger partial charge in [0.15, 0.2) is 18.1 Å². The van der Waals surface area contributed by atoms with Crippen molar-refractivity contribution >= 4 is 17.9 Å². The molecule has 296 valence electrons. The quantitative estimate of drug-likeness (QED) is 0.0892. The van der Waals surface area contributed by atoms with E-state index in [1.165, 1.54) is 9.80 Å². The maximum absolute atomic E-state index is 13.7. The van der Waals surface area contributed by atoms with Gasteiger partial charge >= 0.3 is 6.09 Å². The van der Waals surface area contributed by atoms with Crippen LogP contribution >= 0.6 is 0 Å². The van der Waals surface area contributed by atoms with Crippen molar-refractivity contribution in [2.75, 3.05) is 47.1 Å². The number of amides is 3. The van der Waals surface area contributed by atoms with E-state index < -0.39 is 47.3 Å². The van der Waals surface area contributed by atoms with Gasteiger partial charge in [-0.25, -0.2) is 4.79 Å². The fourth-order valence-corrected chi connectivity index (χ4v) is 6.79. The molecule has 1 fully saturated rings. The van der Waals surface area contributed by atoms with E-state index in [1.807, 2.05) is 32.0 Å². The fourth-order valence-electron chi connectivity index (χ4n) is 6.79. The van der Waals surface area contributed by atoms with E-state index >= 15 is 0 Å². The molecule has 0 radical (unpaired) electrons. The molecule has 4 atom stereocenters. The van der Waals surface area contributed by atoms with Gasteiger partial charge in [0.25, 0.3) is 5.09 Å². The average molecular weight is 739 g/mol. The third kappa shape index (κ3) is 13.9. The van der Waals surface area contributed by atoms with Crippen LogP contribution in [0.2, 0.25) is 0 Å². The number of carbonyl (C=O) groups excluding carboxylic acids is 2. The van der Waals surface area contributed by atoms with Crippen molar-refractivity contribution in [3.63, 3.8) is 0 Å². The van der Waals surface area contributed by atoms with Crippen molar-refractivity contribution in [3.05, 3.63) is 33.9 Å². The summed E-state index contributed by atoms with van der Waals surface area (Å²) in [5, 5.41) is 35.0. The molecule has 0 unspecified atom stereocenters. The molecule has 1 aromatic carbocycles. The molecule has 1 aromatic rings. The van der Waals surface area contributed by atoms with E-state index in [9.17, 15) is 34.7 Å². The van der Waals surface area contributed by atoms with Crippen LogP contribution in [0, 0.1) is 33.8 Å². The van der Waals surface area contributed by atoms with E-state index in [4.69, 9.17) is 14.2 Å². The van der Waals surface area contributed by atoms with Crippen LogP contribution in [0.4, 0.5) is 4.79 Å². The highest BCUT2D eigenvalue weighted by molar-refractivity contribution is 5.79. The molecule has 0 spiro atoms. The molecule has 1 heterocycles. The number of carboxylic acid groups (broad SMARTS) is 1. The van der Waals surface area contributed by atoms with E-state index in [1.54, 1.807) is 35.0 Å². The summed E-state index contributed by atoms with van der Waals surface area (Å²) in [5.41, 5.74) is 0.151. The minimum Gasteiger partial charge on any atom is -0.493 e. The van der Waals surface area contributed by atoms with Crippen LogP contribution in [0.1, 0.15) is 86.1 Å². The van der Waals surface area contributed by atoms with E-state index in [0.29, 0.717) is 63.5 Å². The molecular formula is C37H62N4O11. The molecule has 0 bridgehead atoms. The zero-order chi connectivity index (χ0) is 39.2. The molecule has 15 heteroatoms. The van der Waals surface area contributed by atoms with Crippen molar-refractivity contribution < 1.29 is 48.7 Å². The minimum absolute atomic E-state index is 0.0337. The Morgan fingerprint density at radius 3 is 2.21 bits per heavy atom. The number of benzene rings is 1. The second-order valence-corrected chi connectivity index (χ2v) is 15.3. The van der Waals surface area contributed by atoms with Gasteiger partial charge in [-0.05, 0) is 88.3 Å². The molecule has 0 aromatic heterocycles. The van der Waals surface area contributed by atoms with E-state index in [-0.39, 0.29) is 36.1 Å². The number of aliphatic hydroxyl groups is 1. The number of ether oxygens (including phenoxy) is 3. The lowest BCUT2D eigenvalue weighted by Crippen LogP contribution is -2.57. The zero-order valence-electron chi connectivity index (χ0n) is 32.5. The number of piperidine rings is 1. The molecule has 3 amide bonds. The SMILES string of the molecule is COCCCOc1cc(C[C@H](C[C@@H]([C@H](O)C[C@H](C(=O)NC2CCN(C(=O)CO[N+](=O)[O-])CC2)C(C)C)N(C(=O)O)C(C)(C)C)C(C)C)ccc1OC. The van der Waals surface area contributed by atoms with Crippen molar-refractivity contribution in [1.29, 1.82) is 0 Å². The van der Waals surface area contributed by atoms with Gasteiger partial charge in [-0.15, -0.1) is 10.1 Å². The molecular weight excluding hydrogens is 676 g/mol. The van der Waals surface area contributed by atoms with Gasteiger partial charge in [0, 0.05) is 50.7 Å². The van der Waals surface area contributed by atoms with Crippen LogP contribution in [-0.4, -0.2) is 114 Å². The summed E-state index contributed by atoms with van der Waals surface area (Å²) in [6.45, 7) is 14.4. The number of nitrogens with one attached hydrogen (secondary N) is 1. The van der Waals surface area contributed by atoms with E-state index in [0.717, 1.165) is 12.0 Å². The number of nitrogens with zero attached hydrogens (tertiary/aromatic N) is 3. The van der Waals surface area contributed by atoms with Gasteiger partial charge in [-0.2, -0.15) is 0 Å². The summed E-state index contributed by atoms with van der Waals surface area (Å²) in [5.74, 6) is -0.187. The van der Waals surface area contributed by atoms with Gasteiger partial charge < -0.3 is 39.5 Å². The van der Waals surface area contributed by atoms with Crippen LogP contribution in [0.3, 0.4) is 0 Å². The largest absolute Gasteiger partial charge is 0.493 e. The van der Waals surface area contributed by atoms with Gasteiger partial charge in [0.2, 0.25) is 11.8 Å². The summed E-state index contributed by atoms with van der Waals surface area (Å²) in [4.78, 5) is 56.3. The maximum atomic E-state index is 13.7. The number of hydrogen-bond acceptors (Lipinski definition) is 10. The van der Waals surface area contributed by atoms with Crippen molar-refractivity contribution in [3.8, 4) is 11.5 Å². The molecule has 3 N–H and O–H groups in total. The first-order valence-corrected chi connectivity index (χ1v) is 18.2. The summed E-state index contributed by atoms with van der Waals surface area (Å²) in [7, 11) is 3.23. The number of aliphatic hydroxyl groups excluding tert-OH is 1. The Morgan fingerprint density at radius 2 is 1.69 bits per heavy atom. The lowest BCUT2D eigenvalue weighted by Gasteiger charge is -2.44. The smallest absolute Gasteiger partial charge is 0.408 e. The van der Waals surface area contributed by atoms with Crippen LogP contribution in [0.5, 0.6) is 11.5 Å². The Bertz CT molecular complexity index is 1290. The number of methoxy groups -OCH3 is 2. The number of rotatable bonds is 21. The first-order chi connectivity index (χ1) is 24.4. The predicted octanol–water partition coefficient (Wildman–Crippen LogP) is 4.80. The minimum atomic E-state index is -1.15. The summed E-state index contributed by atoms with van der Waals surface area (Å²) in [6.07, 6.45) is 0.360. The Labute approximate surface area is 308 Å². The van der Waals surface area contributed by atoms with Crippen LogP contribution in [0.15, 0.2) is 18.2 Å². The van der Waals surface area contributed by atoms with Gasteiger partial charge in [0.1, 0.15) is 0 Å². The normalized spacial score (nSPS) is 16.2. The molecule has 0 aliphatic carbocycles. The van der Waals surface area contributed by atoms with Gasteiger partial charge in [-0.3, -0.25) is 14.5 Å². The summed E-state index contributed by atoms with van der Waals surface area (Å²) in [6, 6.07) is 4.75. The lowest BCUT2D eigenvalue weighted by atomic mass is 9.79. The molecule has 52 heavy (non-hydrogen) atoms. The number of likely N-dealkylation sites (tertiary alicyclic amines) is 1. The highest BCUT2D eigenvalue weighted by Crippen LogP contribution is 2.35. The van der Waals surface area contributed by atoms with Crippen LogP contribution < -0.4 is 14.8 Å². The van der Waals surface area contributed by atoms with Crippen molar-refractivity contribution in [2.45, 2.75) is 111 Å². The molecule has 15 nitrogen and oxygen atoms in total. The standard InChI is InChI=1S/C37H62N4O11/c1-24(2)27(19-26-11-12-32(50-9)33(20-26)51-18-10-17-49-8)21-30(40(36(45)46)37(5,6)7)31(42)22-29(25(3)4)35(44)38-28-13-15-39(16-14-28)34(43)23-52-41(47)48/h11-12,20,24-25,27-31,42H,10,13-19,21-23H2,1-9H3,(H,38,44)(H,45,46)/t27-,29+,30+,31-/m1/s1. The Kier molecular flexibility index (Phi) is 17.9. The van der Waals surface area contributed by atoms with Crippen molar-refractivity contribution in [1.82, 2.24) is 15.1 Å². The van der Waals surface area contributed by atoms with Gasteiger partial charge in [-0.1, -0.05) is 33.8 Å². The summed E-state index contributed by atoms with van der Waals surface area (Å²) < 4.78 is 16.7. The fraction of sp³-hybridized carbons (Fsp3) is 0.757. The Balaban J connectivity index is 2.27. The van der Waals surface area contributed by atoms with Crippen LogP contribution in [0.25, 0.3) is 0 Å². The average Bonchev–Trinajstić information content (AvgIpc) is 3.06. The molecule has 1 aliphatic rings. The van der Waals surface area contributed by atoms with E-state index in [2.05, 4.69) is 24.0 Å².